The summed E-state index contributed by atoms with van der Waals surface area (Å²) in [6.45, 7) is 5.96. The molecule has 0 saturated heterocycles. The van der Waals surface area contributed by atoms with Gasteiger partial charge < -0.3 is 20.3 Å². The van der Waals surface area contributed by atoms with Gasteiger partial charge in [0.1, 0.15) is 5.60 Å². The van der Waals surface area contributed by atoms with Crippen molar-refractivity contribution in [2.45, 2.75) is 32.5 Å². The van der Waals surface area contributed by atoms with E-state index in [9.17, 15) is 9.90 Å². The summed E-state index contributed by atoms with van der Waals surface area (Å²) in [6, 6.07) is 15.2. The van der Waals surface area contributed by atoms with Crippen LogP contribution in [0.2, 0.25) is 0 Å². The fraction of sp³-hybridized carbons (Fsp3) is 0.304. The molecule has 0 spiro atoms. The highest BCUT2D eigenvalue weighted by atomic mass is 127. The van der Waals surface area contributed by atoms with Crippen LogP contribution in [0.15, 0.2) is 75.3 Å². The Hall–Kier alpha value is -2.17. The van der Waals surface area contributed by atoms with Crippen LogP contribution in [-0.4, -0.2) is 28.7 Å². The number of benzene rings is 1. The molecular weight excluding hydrogens is 523 g/mol. The standard InChI is InChI=1S/C23H28N4O2S.HI/c1-3-24-22(26-17-23(2,29)20-11-13-30-16-20)25-14-18-7-9-19(10-8-18)15-27-12-5-4-6-21(27)28;/h4-13,16,29H,3,14-15,17H2,1-2H3,(H2,24,25,26);1H. The lowest BCUT2D eigenvalue weighted by molar-refractivity contribution is 0.0621. The Bertz CT molecular complexity index is 1010. The Balaban J connectivity index is 0.00000341. The molecule has 3 N–H and O–H groups in total. The zero-order chi connectivity index (χ0) is 21.4. The second-order valence-corrected chi connectivity index (χ2v) is 8.10. The maximum absolute atomic E-state index is 11.9. The van der Waals surface area contributed by atoms with Crippen LogP contribution in [0, 0.1) is 0 Å². The Morgan fingerprint density at radius 1 is 1.13 bits per heavy atom. The summed E-state index contributed by atoms with van der Waals surface area (Å²) >= 11 is 1.57. The van der Waals surface area contributed by atoms with Crippen molar-refractivity contribution in [3.05, 3.63) is 92.5 Å². The lowest BCUT2D eigenvalue weighted by Gasteiger charge is -2.24. The van der Waals surface area contributed by atoms with E-state index in [1.165, 1.54) is 0 Å². The molecule has 3 rings (SSSR count). The lowest BCUT2D eigenvalue weighted by Crippen LogP contribution is -2.44. The quantitative estimate of drug-likeness (QED) is 0.227. The monoisotopic (exact) mass is 552 g/mol. The Labute approximate surface area is 204 Å². The normalized spacial score (nSPS) is 13.2. The highest BCUT2D eigenvalue weighted by molar-refractivity contribution is 14.0. The third kappa shape index (κ3) is 7.48. The number of hydrogen-bond donors (Lipinski definition) is 3. The third-order valence-corrected chi connectivity index (χ3v) is 5.47. The van der Waals surface area contributed by atoms with Gasteiger partial charge in [0.15, 0.2) is 5.96 Å². The maximum atomic E-state index is 11.9. The number of aliphatic imine (C=N–C) groups is 1. The molecular formula is C23H29IN4O2S. The first-order valence-electron chi connectivity index (χ1n) is 9.98. The first-order valence-corrected chi connectivity index (χ1v) is 10.9. The molecule has 1 aromatic carbocycles. The van der Waals surface area contributed by atoms with Gasteiger partial charge in [0.2, 0.25) is 0 Å². The SMILES string of the molecule is CCNC(=NCc1ccc(Cn2ccccc2=O)cc1)NCC(C)(O)c1ccsc1.I. The number of aromatic nitrogens is 1. The van der Waals surface area contributed by atoms with Crippen LogP contribution in [0.3, 0.4) is 0 Å². The van der Waals surface area contributed by atoms with E-state index >= 15 is 0 Å². The number of aliphatic hydroxyl groups is 1. The van der Waals surface area contributed by atoms with E-state index in [2.05, 4.69) is 15.6 Å². The van der Waals surface area contributed by atoms with E-state index in [-0.39, 0.29) is 29.5 Å². The van der Waals surface area contributed by atoms with Crippen LogP contribution in [0.1, 0.15) is 30.5 Å². The minimum absolute atomic E-state index is 0. The van der Waals surface area contributed by atoms with E-state index in [1.807, 2.05) is 54.1 Å². The van der Waals surface area contributed by atoms with Gasteiger partial charge in [0.25, 0.3) is 5.56 Å². The van der Waals surface area contributed by atoms with Crippen LogP contribution in [-0.2, 0) is 18.7 Å². The number of thiophene rings is 1. The fourth-order valence-electron chi connectivity index (χ4n) is 2.98. The minimum atomic E-state index is -0.965. The molecule has 0 aliphatic heterocycles. The number of guanidine groups is 1. The van der Waals surface area contributed by atoms with E-state index in [0.29, 0.717) is 25.6 Å². The average Bonchev–Trinajstić information content (AvgIpc) is 3.29. The number of rotatable bonds is 8. The van der Waals surface area contributed by atoms with Crippen molar-refractivity contribution >= 4 is 41.3 Å². The molecule has 0 aliphatic carbocycles. The molecule has 2 heterocycles. The molecule has 31 heavy (non-hydrogen) atoms. The minimum Gasteiger partial charge on any atom is -0.384 e. The van der Waals surface area contributed by atoms with Gasteiger partial charge in [-0.2, -0.15) is 11.3 Å². The molecule has 6 nitrogen and oxygen atoms in total. The van der Waals surface area contributed by atoms with Crippen molar-refractivity contribution in [2.75, 3.05) is 13.1 Å². The average molecular weight is 552 g/mol. The summed E-state index contributed by atoms with van der Waals surface area (Å²) in [6.07, 6.45) is 1.79. The zero-order valence-corrected chi connectivity index (χ0v) is 20.9. The summed E-state index contributed by atoms with van der Waals surface area (Å²) < 4.78 is 1.68. The fourth-order valence-corrected chi connectivity index (χ4v) is 3.76. The number of nitrogens with one attached hydrogen (secondary N) is 2. The van der Waals surface area contributed by atoms with E-state index < -0.39 is 5.60 Å². The highest BCUT2D eigenvalue weighted by Gasteiger charge is 2.23. The predicted octanol–water partition coefficient (Wildman–Crippen LogP) is 3.54. The molecule has 0 aliphatic rings. The van der Waals surface area contributed by atoms with Crippen molar-refractivity contribution in [1.82, 2.24) is 15.2 Å². The summed E-state index contributed by atoms with van der Waals surface area (Å²) in [5.74, 6) is 0.660. The Kier molecular flexibility index (Phi) is 9.73. The van der Waals surface area contributed by atoms with Crippen molar-refractivity contribution in [1.29, 1.82) is 0 Å². The highest BCUT2D eigenvalue weighted by Crippen LogP contribution is 2.21. The predicted molar refractivity (Wildman–Crippen MR) is 138 cm³/mol. The van der Waals surface area contributed by atoms with E-state index in [4.69, 9.17) is 0 Å². The van der Waals surface area contributed by atoms with Crippen LogP contribution < -0.4 is 16.2 Å². The van der Waals surface area contributed by atoms with Gasteiger partial charge in [0.05, 0.1) is 19.6 Å². The number of hydrogen-bond acceptors (Lipinski definition) is 4. The molecule has 0 bridgehead atoms. The van der Waals surface area contributed by atoms with Crippen molar-refractivity contribution < 1.29 is 5.11 Å². The largest absolute Gasteiger partial charge is 0.384 e. The van der Waals surface area contributed by atoms with Gasteiger partial charge in [0, 0.05) is 18.8 Å². The van der Waals surface area contributed by atoms with Gasteiger partial charge >= 0.3 is 0 Å². The summed E-state index contributed by atoms with van der Waals surface area (Å²) in [5, 5.41) is 21.0. The van der Waals surface area contributed by atoms with Crippen LogP contribution >= 0.6 is 35.3 Å². The second kappa shape index (κ2) is 12.0. The van der Waals surface area contributed by atoms with Gasteiger partial charge in [-0.3, -0.25) is 4.79 Å². The smallest absolute Gasteiger partial charge is 0.250 e. The van der Waals surface area contributed by atoms with Gasteiger partial charge in [-0.05, 0) is 53.4 Å². The molecule has 0 fully saturated rings. The first kappa shape index (κ1) is 25.1. The molecule has 2 aromatic heterocycles. The number of pyridine rings is 1. The maximum Gasteiger partial charge on any atom is 0.250 e. The van der Waals surface area contributed by atoms with Crippen LogP contribution in [0.5, 0.6) is 0 Å². The zero-order valence-electron chi connectivity index (χ0n) is 17.7. The Morgan fingerprint density at radius 3 is 2.52 bits per heavy atom. The molecule has 1 atom stereocenters. The lowest BCUT2D eigenvalue weighted by atomic mass is 9.99. The topological polar surface area (TPSA) is 78.7 Å². The molecule has 3 aromatic rings. The molecule has 0 amide bonds. The van der Waals surface area contributed by atoms with Gasteiger partial charge in [-0.15, -0.1) is 24.0 Å². The molecule has 0 saturated carbocycles. The molecule has 166 valence electrons. The first-order chi connectivity index (χ1) is 14.5. The van der Waals surface area contributed by atoms with E-state index in [0.717, 1.165) is 23.2 Å². The van der Waals surface area contributed by atoms with Gasteiger partial charge in [-0.25, -0.2) is 4.99 Å². The summed E-state index contributed by atoms with van der Waals surface area (Å²) in [7, 11) is 0. The Morgan fingerprint density at radius 2 is 1.87 bits per heavy atom. The van der Waals surface area contributed by atoms with Crippen LogP contribution in [0.4, 0.5) is 0 Å². The van der Waals surface area contributed by atoms with Crippen molar-refractivity contribution in [2.24, 2.45) is 4.99 Å². The van der Waals surface area contributed by atoms with E-state index in [1.54, 1.807) is 41.2 Å². The molecule has 0 radical (unpaired) electrons. The van der Waals surface area contributed by atoms with Gasteiger partial charge in [-0.1, -0.05) is 30.3 Å². The summed E-state index contributed by atoms with van der Waals surface area (Å²) in [5.41, 5.74) is 2.05. The van der Waals surface area contributed by atoms with Crippen molar-refractivity contribution in [3.8, 4) is 0 Å². The molecule has 8 heteroatoms. The number of halogens is 1. The second-order valence-electron chi connectivity index (χ2n) is 7.32. The van der Waals surface area contributed by atoms with Crippen molar-refractivity contribution in [3.63, 3.8) is 0 Å². The van der Waals surface area contributed by atoms with Crippen LogP contribution in [0.25, 0.3) is 0 Å². The third-order valence-electron chi connectivity index (χ3n) is 4.78. The summed E-state index contributed by atoms with van der Waals surface area (Å²) in [4.78, 5) is 16.5. The molecule has 1 unspecified atom stereocenters. The number of nitrogens with zero attached hydrogens (tertiary/aromatic N) is 2.